The van der Waals surface area contributed by atoms with E-state index in [4.69, 9.17) is 14.2 Å². The summed E-state index contributed by atoms with van der Waals surface area (Å²) in [6.07, 6.45) is 59.0. The van der Waals surface area contributed by atoms with Crippen molar-refractivity contribution in [3.63, 3.8) is 0 Å². The van der Waals surface area contributed by atoms with E-state index in [1.54, 1.807) is 0 Å². The van der Waals surface area contributed by atoms with Crippen molar-refractivity contribution in [2.24, 2.45) is 0 Å². The molecular formula is C53H98O5. The van der Waals surface area contributed by atoms with Gasteiger partial charge in [0.05, 0.1) is 6.61 Å². The SMILES string of the molecule is CCCCC/C=C\C/C=C\CCCCCCCCCCCC(=O)OCC(COCCCCCCCCCC/C=C\CCCCCCCC)OC(=O)CCCCCCC. The number of carbonyl (C=O) groups excluding carboxylic acids is 2. The Morgan fingerprint density at radius 2 is 0.724 bits per heavy atom. The zero-order chi connectivity index (χ0) is 42.1. The first-order valence-electron chi connectivity index (χ1n) is 25.5. The fourth-order valence-corrected chi connectivity index (χ4v) is 7.30. The predicted molar refractivity (Wildman–Crippen MR) is 252 cm³/mol. The van der Waals surface area contributed by atoms with Crippen LogP contribution in [0.5, 0.6) is 0 Å². The van der Waals surface area contributed by atoms with Gasteiger partial charge in [0.15, 0.2) is 6.10 Å². The molecule has 0 aromatic rings. The van der Waals surface area contributed by atoms with Gasteiger partial charge in [0.25, 0.3) is 0 Å². The average molecular weight is 815 g/mol. The van der Waals surface area contributed by atoms with E-state index in [-0.39, 0.29) is 25.2 Å². The van der Waals surface area contributed by atoms with Crippen LogP contribution in [0.25, 0.3) is 0 Å². The van der Waals surface area contributed by atoms with Crippen molar-refractivity contribution in [3.8, 4) is 0 Å². The van der Waals surface area contributed by atoms with Crippen molar-refractivity contribution in [2.75, 3.05) is 19.8 Å². The summed E-state index contributed by atoms with van der Waals surface area (Å²) < 4.78 is 17.3. The van der Waals surface area contributed by atoms with E-state index >= 15 is 0 Å². The number of allylic oxidation sites excluding steroid dienone is 6. The van der Waals surface area contributed by atoms with Crippen LogP contribution in [0.3, 0.4) is 0 Å². The normalized spacial score (nSPS) is 12.4. The molecule has 0 radical (unpaired) electrons. The first-order chi connectivity index (χ1) is 28.6. The molecule has 0 N–H and O–H groups in total. The molecule has 0 aliphatic heterocycles. The van der Waals surface area contributed by atoms with E-state index in [0.717, 1.165) is 51.4 Å². The summed E-state index contributed by atoms with van der Waals surface area (Å²) in [5.74, 6) is -0.406. The van der Waals surface area contributed by atoms with E-state index < -0.39 is 6.10 Å². The van der Waals surface area contributed by atoms with Crippen LogP contribution in [0.4, 0.5) is 0 Å². The molecule has 340 valence electrons. The Bertz CT molecular complexity index is 924. The van der Waals surface area contributed by atoms with E-state index in [1.165, 1.54) is 180 Å². The van der Waals surface area contributed by atoms with Gasteiger partial charge in [-0.25, -0.2) is 0 Å². The van der Waals surface area contributed by atoms with Crippen LogP contribution in [0, 0.1) is 0 Å². The Morgan fingerprint density at radius 1 is 0.379 bits per heavy atom. The summed E-state index contributed by atoms with van der Waals surface area (Å²) in [6, 6.07) is 0. The second kappa shape index (κ2) is 49.5. The molecule has 1 unspecified atom stereocenters. The van der Waals surface area contributed by atoms with Crippen LogP contribution in [0.2, 0.25) is 0 Å². The molecule has 0 fully saturated rings. The molecule has 5 nitrogen and oxygen atoms in total. The minimum atomic E-state index is -0.532. The van der Waals surface area contributed by atoms with Crippen molar-refractivity contribution in [3.05, 3.63) is 36.5 Å². The van der Waals surface area contributed by atoms with Crippen LogP contribution in [0.1, 0.15) is 265 Å². The Morgan fingerprint density at radius 3 is 1.19 bits per heavy atom. The van der Waals surface area contributed by atoms with Crippen LogP contribution in [0.15, 0.2) is 36.5 Å². The lowest BCUT2D eigenvalue weighted by molar-refractivity contribution is -0.163. The van der Waals surface area contributed by atoms with Gasteiger partial charge in [-0.1, -0.05) is 211 Å². The van der Waals surface area contributed by atoms with Gasteiger partial charge in [-0.2, -0.15) is 0 Å². The zero-order valence-corrected chi connectivity index (χ0v) is 39.1. The van der Waals surface area contributed by atoms with Gasteiger partial charge in [-0.3, -0.25) is 9.59 Å². The molecule has 0 saturated carbocycles. The molecule has 0 spiro atoms. The Kier molecular flexibility index (Phi) is 47.9. The summed E-state index contributed by atoms with van der Waals surface area (Å²) in [6.45, 7) is 7.75. The number of ether oxygens (including phenoxy) is 3. The van der Waals surface area contributed by atoms with Crippen LogP contribution in [-0.4, -0.2) is 37.9 Å². The molecule has 0 aliphatic carbocycles. The lowest BCUT2D eigenvalue weighted by Gasteiger charge is -2.18. The van der Waals surface area contributed by atoms with Crippen molar-refractivity contribution in [1.29, 1.82) is 0 Å². The second-order valence-electron chi connectivity index (χ2n) is 17.1. The Balaban J connectivity index is 3.99. The highest BCUT2D eigenvalue weighted by atomic mass is 16.6. The highest BCUT2D eigenvalue weighted by Gasteiger charge is 2.17. The van der Waals surface area contributed by atoms with Crippen LogP contribution in [-0.2, 0) is 23.8 Å². The maximum absolute atomic E-state index is 12.6. The van der Waals surface area contributed by atoms with Gasteiger partial charge in [0, 0.05) is 19.4 Å². The topological polar surface area (TPSA) is 61.8 Å². The summed E-state index contributed by atoms with van der Waals surface area (Å²) in [5.41, 5.74) is 0. The first-order valence-corrected chi connectivity index (χ1v) is 25.5. The third-order valence-electron chi connectivity index (χ3n) is 11.1. The van der Waals surface area contributed by atoms with Gasteiger partial charge >= 0.3 is 11.9 Å². The van der Waals surface area contributed by atoms with Crippen molar-refractivity contribution < 1.29 is 23.8 Å². The lowest BCUT2D eigenvalue weighted by Crippen LogP contribution is -2.30. The van der Waals surface area contributed by atoms with Crippen molar-refractivity contribution in [2.45, 2.75) is 271 Å². The summed E-state index contributed by atoms with van der Waals surface area (Å²) in [5, 5.41) is 0. The third-order valence-corrected chi connectivity index (χ3v) is 11.1. The van der Waals surface area contributed by atoms with Gasteiger partial charge in [0.1, 0.15) is 6.61 Å². The van der Waals surface area contributed by atoms with Gasteiger partial charge in [0.2, 0.25) is 0 Å². The molecular weight excluding hydrogens is 717 g/mol. The predicted octanol–water partition coefficient (Wildman–Crippen LogP) is 17.0. The smallest absolute Gasteiger partial charge is 0.306 e. The number of rotatable bonds is 47. The maximum atomic E-state index is 12.6. The average Bonchev–Trinajstić information content (AvgIpc) is 3.22. The Hall–Kier alpha value is -1.88. The fraction of sp³-hybridized carbons (Fsp3) is 0.849. The standard InChI is InChI=1S/C53H98O5/c1-4-7-10-13-15-17-19-21-23-25-27-28-30-32-34-36-38-41-43-46-52(54)57-50-51(58-53(55)47-44-40-12-9-6-3)49-56-48-45-42-39-37-35-33-31-29-26-24-22-20-18-16-14-11-8-5-2/h15,17,21-24,51H,4-14,16,18-20,25-50H2,1-3H3/b17-15-,23-21-,24-22-. The largest absolute Gasteiger partial charge is 0.462 e. The maximum Gasteiger partial charge on any atom is 0.306 e. The van der Waals surface area contributed by atoms with Crippen molar-refractivity contribution >= 4 is 11.9 Å². The molecule has 58 heavy (non-hydrogen) atoms. The molecule has 0 heterocycles. The minimum absolute atomic E-state index is 0.0846. The van der Waals surface area contributed by atoms with E-state index in [2.05, 4.69) is 57.2 Å². The highest BCUT2D eigenvalue weighted by Crippen LogP contribution is 2.14. The number of unbranched alkanes of at least 4 members (excludes halogenated alkanes) is 30. The molecule has 0 saturated heterocycles. The quantitative estimate of drug-likeness (QED) is 0.0348. The van der Waals surface area contributed by atoms with Gasteiger partial charge < -0.3 is 14.2 Å². The molecule has 0 aliphatic rings. The van der Waals surface area contributed by atoms with Gasteiger partial charge in [-0.15, -0.1) is 0 Å². The molecule has 0 rings (SSSR count). The number of hydrogen-bond acceptors (Lipinski definition) is 5. The minimum Gasteiger partial charge on any atom is -0.462 e. The fourth-order valence-electron chi connectivity index (χ4n) is 7.30. The van der Waals surface area contributed by atoms with Crippen molar-refractivity contribution in [1.82, 2.24) is 0 Å². The Labute approximate surface area is 361 Å². The highest BCUT2D eigenvalue weighted by molar-refractivity contribution is 5.70. The first kappa shape index (κ1) is 56.1. The number of hydrogen-bond donors (Lipinski definition) is 0. The number of esters is 2. The van der Waals surface area contributed by atoms with E-state index in [9.17, 15) is 9.59 Å². The molecule has 0 amide bonds. The van der Waals surface area contributed by atoms with Crippen LogP contribution < -0.4 is 0 Å². The van der Waals surface area contributed by atoms with E-state index in [0.29, 0.717) is 19.4 Å². The molecule has 1 atom stereocenters. The molecule has 0 aromatic carbocycles. The van der Waals surface area contributed by atoms with E-state index in [1.807, 2.05) is 0 Å². The molecule has 0 aromatic heterocycles. The third kappa shape index (κ3) is 46.8. The molecule has 0 bridgehead atoms. The lowest BCUT2D eigenvalue weighted by atomic mass is 10.1. The summed E-state index contributed by atoms with van der Waals surface area (Å²) >= 11 is 0. The van der Waals surface area contributed by atoms with Gasteiger partial charge in [-0.05, 0) is 77.0 Å². The summed E-state index contributed by atoms with van der Waals surface area (Å²) in [7, 11) is 0. The summed E-state index contributed by atoms with van der Waals surface area (Å²) in [4.78, 5) is 25.1. The zero-order valence-electron chi connectivity index (χ0n) is 39.1. The monoisotopic (exact) mass is 815 g/mol. The number of carbonyl (C=O) groups is 2. The molecule has 5 heteroatoms. The van der Waals surface area contributed by atoms with Crippen LogP contribution >= 0.6 is 0 Å². The second-order valence-corrected chi connectivity index (χ2v) is 17.1.